The summed E-state index contributed by atoms with van der Waals surface area (Å²) in [4.78, 5) is 1.23. The van der Waals surface area contributed by atoms with Crippen molar-refractivity contribution in [2.45, 2.75) is 24.2 Å². The molecule has 0 radical (unpaired) electrons. The Labute approximate surface area is 96.2 Å². The molecule has 0 bridgehead atoms. The van der Waals surface area contributed by atoms with Gasteiger partial charge in [0.25, 0.3) is 0 Å². The molecule has 0 aliphatic heterocycles. The lowest BCUT2D eigenvalue weighted by Gasteiger charge is -2.07. The molecule has 1 aromatic carbocycles. The fourth-order valence-electron chi connectivity index (χ4n) is 1.34. The minimum atomic E-state index is 0.805. The molecule has 0 saturated carbocycles. The van der Waals surface area contributed by atoms with E-state index in [1.165, 1.54) is 17.7 Å². The first kappa shape index (κ1) is 12.4. The summed E-state index contributed by atoms with van der Waals surface area (Å²) in [7, 11) is 1.72. The fraction of sp³-hybridized carbons (Fsp3) is 0.500. The largest absolute Gasteiger partial charge is 0.496 e. The van der Waals surface area contributed by atoms with Gasteiger partial charge in [-0.15, -0.1) is 11.8 Å². The highest BCUT2D eigenvalue weighted by atomic mass is 32.2. The molecule has 1 aromatic rings. The molecule has 0 aliphatic rings. The lowest BCUT2D eigenvalue weighted by atomic mass is 10.2. The topological polar surface area (TPSA) is 35.2 Å². The second kappa shape index (κ2) is 7.60. The SMILES string of the molecule is COc1ccccc1SCCCCCN. The Morgan fingerprint density at radius 1 is 1.20 bits per heavy atom. The van der Waals surface area contributed by atoms with Gasteiger partial charge in [0.05, 0.1) is 7.11 Å². The molecular formula is C12H19NOS. The monoisotopic (exact) mass is 225 g/mol. The molecule has 2 nitrogen and oxygen atoms in total. The average Bonchev–Trinajstić information content (AvgIpc) is 2.29. The number of thioether (sulfide) groups is 1. The molecule has 0 unspecified atom stereocenters. The molecule has 3 heteroatoms. The lowest BCUT2D eigenvalue weighted by Crippen LogP contribution is -1.98. The molecule has 84 valence electrons. The number of para-hydroxylation sites is 1. The van der Waals surface area contributed by atoms with Crippen LogP contribution < -0.4 is 10.5 Å². The molecule has 0 aromatic heterocycles. The molecular weight excluding hydrogens is 206 g/mol. The number of benzene rings is 1. The van der Waals surface area contributed by atoms with Crippen molar-refractivity contribution in [1.29, 1.82) is 0 Å². The highest BCUT2D eigenvalue weighted by Crippen LogP contribution is 2.29. The van der Waals surface area contributed by atoms with Crippen LogP contribution in [0.25, 0.3) is 0 Å². The third kappa shape index (κ3) is 4.58. The van der Waals surface area contributed by atoms with Crippen LogP contribution in [0.4, 0.5) is 0 Å². The van der Waals surface area contributed by atoms with Gasteiger partial charge in [-0.05, 0) is 37.3 Å². The molecule has 1 rings (SSSR count). The number of hydrogen-bond donors (Lipinski definition) is 1. The molecule has 0 saturated heterocycles. The van der Waals surface area contributed by atoms with E-state index in [0.717, 1.165) is 24.5 Å². The van der Waals surface area contributed by atoms with E-state index in [1.54, 1.807) is 7.11 Å². The minimum absolute atomic E-state index is 0.805. The summed E-state index contributed by atoms with van der Waals surface area (Å²) >= 11 is 1.86. The van der Waals surface area contributed by atoms with Crippen molar-refractivity contribution in [2.24, 2.45) is 5.73 Å². The molecule has 0 aliphatic carbocycles. The van der Waals surface area contributed by atoms with E-state index in [9.17, 15) is 0 Å². The van der Waals surface area contributed by atoms with Crippen LogP contribution in [0.1, 0.15) is 19.3 Å². The predicted molar refractivity (Wildman–Crippen MR) is 66.6 cm³/mol. The maximum Gasteiger partial charge on any atom is 0.132 e. The summed E-state index contributed by atoms with van der Waals surface area (Å²) in [5.41, 5.74) is 5.44. The van der Waals surface area contributed by atoms with Gasteiger partial charge in [0.2, 0.25) is 0 Å². The summed E-state index contributed by atoms with van der Waals surface area (Å²) in [6.45, 7) is 0.805. The van der Waals surface area contributed by atoms with Crippen molar-refractivity contribution < 1.29 is 4.74 Å². The fourth-order valence-corrected chi connectivity index (χ4v) is 2.38. The molecule has 0 heterocycles. The van der Waals surface area contributed by atoms with E-state index in [2.05, 4.69) is 6.07 Å². The average molecular weight is 225 g/mol. The summed E-state index contributed by atoms with van der Waals surface area (Å²) < 4.78 is 5.28. The van der Waals surface area contributed by atoms with Gasteiger partial charge < -0.3 is 10.5 Å². The zero-order valence-electron chi connectivity index (χ0n) is 9.24. The van der Waals surface area contributed by atoms with Crippen LogP contribution in [-0.2, 0) is 0 Å². The standard InChI is InChI=1S/C12H19NOS/c1-14-11-7-3-4-8-12(11)15-10-6-2-5-9-13/h3-4,7-8H,2,5-6,9-10,13H2,1H3. The number of methoxy groups -OCH3 is 1. The van der Waals surface area contributed by atoms with Crippen LogP contribution in [0.5, 0.6) is 5.75 Å². The predicted octanol–water partition coefficient (Wildman–Crippen LogP) is 2.92. The van der Waals surface area contributed by atoms with Crippen LogP contribution in [0.2, 0.25) is 0 Å². The van der Waals surface area contributed by atoms with Crippen molar-refractivity contribution in [2.75, 3.05) is 19.4 Å². The van der Waals surface area contributed by atoms with Crippen LogP contribution >= 0.6 is 11.8 Å². The highest BCUT2D eigenvalue weighted by Gasteiger charge is 2.00. The van der Waals surface area contributed by atoms with Crippen molar-refractivity contribution in [3.63, 3.8) is 0 Å². The number of ether oxygens (including phenoxy) is 1. The van der Waals surface area contributed by atoms with Gasteiger partial charge in [0, 0.05) is 4.90 Å². The summed E-state index contributed by atoms with van der Waals surface area (Å²) in [5, 5.41) is 0. The normalized spacial score (nSPS) is 10.3. The Morgan fingerprint density at radius 3 is 2.73 bits per heavy atom. The number of rotatable bonds is 7. The van der Waals surface area contributed by atoms with Gasteiger partial charge in [-0.3, -0.25) is 0 Å². The van der Waals surface area contributed by atoms with Gasteiger partial charge >= 0.3 is 0 Å². The lowest BCUT2D eigenvalue weighted by molar-refractivity contribution is 0.405. The molecule has 2 N–H and O–H groups in total. The molecule has 0 fully saturated rings. The van der Waals surface area contributed by atoms with Crippen molar-refractivity contribution in [3.05, 3.63) is 24.3 Å². The Hall–Kier alpha value is -0.670. The number of nitrogens with two attached hydrogens (primary N) is 1. The molecule has 0 amide bonds. The Kier molecular flexibility index (Phi) is 6.28. The van der Waals surface area contributed by atoms with E-state index in [4.69, 9.17) is 10.5 Å². The Morgan fingerprint density at radius 2 is 2.00 bits per heavy atom. The van der Waals surface area contributed by atoms with E-state index in [-0.39, 0.29) is 0 Å². The zero-order chi connectivity index (χ0) is 10.9. The summed E-state index contributed by atoms with van der Waals surface area (Å²) in [6.07, 6.45) is 3.57. The van der Waals surface area contributed by atoms with Crippen molar-refractivity contribution in [1.82, 2.24) is 0 Å². The number of unbranched alkanes of at least 4 members (excludes halogenated alkanes) is 2. The Bertz CT molecular complexity index is 278. The maximum absolute atomic E-state index is 5.44. The van der Waals surface area contributed by atoms with E-state index < -0.39 is 0 Å². The second-order valence-corrected chi connectivity index (χ2v) is 4.49. The van der Waals surface area contributed by atoms with Gasteiger partial charge in [-0.2, -0.15) is 0 Å². The van der Waals surface area contributed by atoms with Gasteiger partial charge in [-0.25, -0.2) is 0 Å². The van der Waals surface area contributed by atoms with E-state index in [0.29, 0.717) is 0 Å². The first-order valence-corrected chi connectivity index (χ1v) is 6.33. The first-order valence-electron chi connectivity index (χ1n) is 5.34. The molecule has 0 spiro atoms. The highest BCUT2D eigenvalue weighted by molar-refractivity contribution is 7.99. The van der Waals surface area contributed by atoms with Crippen LogP contribution in [0, 0.1) is 0 Å². The Balaban J connectivity index is 2.30. The van der Waals surface area contributed by atoms with Crippen LogP contribution in [-0.4, -0.2) is 19.4 Å². The zero-order valence-corrected chi connectivity index (χ0v) is 10.1. The van der Waals surface area contributed by atoms with E-state index >= 15 is 0 Å². The molecule has 15 heavy (non-hydrogen) atoms. The van der Waals surface area contributed by atoms with E-state index in [1.807, 2.05) is 30.0 Å². The summed E-state index contributed by atoms with van der Waals surface area (Å²) in [5.74, 6) is 2.11. The van der Waals surface area contributed by atoms with Crippen LogP contribution in [0.3, 0.4) is 0 Å². The van der Waals surface area contributed by atoms with Gasteiger partial charge in [0.1, 0.15) is 5.75 Å². The third-order valence-corrected chi connectivity index (χ3v) is 3.32. The van der Waals surface area contributed by atoms with Crippen molar-refractivity contribution in [3.8, 4) is 5.75 Å². The molecule has 0 atom stereocenters. The smallest absolute Gasteiger partial charge is 0.132 e. The van der Waals surface area contributed by atoms with Crippen molar-refractivity contribution >= 4 is 11.8 Å². The third-order valence-electron chi connectivity index (χ3n) is 2.18. The van der Waals surface area contributed by atoms with Crippen LogP contribution in [0.15, 0.2) is 29.2 Å². The van der Waals surface area contributed by atoms with Gasteiger partial charge in [0.15, 0.2) is 0 Å². The number of hydrogen-bond acceptors (Lipinski definition) is 3. The second-order valence-electron chi connectivity index (χ2n) is 3.35. The summed E-state index contributed by atoms with van der Waals surface area (Å²) in [6, 6.07) is 8.15. The maximum atomic E-state index is 5.44. The minimum Gasteiger partial charge on any atom is -0.496 e. The van der Waals surface area contributed by atoms with Gasteiger partial charge in [-0.1, -0.05) is 18.6 Å². The quantitative estimate of drug-likeness (QED) is 0.572. The first-order chi connectivity index (χ1) is 7.38.